The molecule has 0 aliphatic heterocycles. The summed E-state index contributed by atoms with van der Waals surface area (Å²) in [6, 6.07) is 3.30. The number of carboxylic acid groups (broad SMARTS) is 1. The van der Waals surface area contributed by atoms with Crippen molar-refractivity contribution in [3.8, 4) is 0 Å². The van der Waals surface area contributed by atoms with Crippen molar-refractivity contribution in [2.75, 3.05) is 0 Å². The number of aromatic nitrogens is 2. The number of aromatic amines is 1. The lowest BCUT2D eigenvalue weighted by atomic mass is 10.1. The van der Waals surface area contributed by atoms with E-state index in [0.717, 1.165) is 11.0 Å². The van der Waals surface area contributed by atoms with Crippen LogP contribution in [0.1, 0.15) is 43.5 Å². The Balaban J connectivity index is 2.35. The summed E-state index contributed by atoms with van der Waals surface area (Å²) in [6.07, 6.45) is 1.84. The number of unbranched alkanes of at least 4 members (excludes halogenated alkanes) is 1. The van der Waals surface area contributed by atoms with Crippen LogP contribution in [0.25, 0.3) is 10.9 Å². The van der Waals surface area contributed by atoms with Gasteiger partial charge in [0.15, 0.2) is 0 Å². The van der Waals surface area contributed by atoms with Gasteiger partial charge in [0.25, 0.3) is 11.5 Å². The summed E-state index contributed by atoms with van der Waals surface area (Å²) in [4.78, 5) is 50.2. The van der Waals surface area contributed by atoms with Gasteiger partial charge in [-0.1, -0.05) is 19.8 Å². The van der Waals surface area contributed by atoms with Crippen LogP contribution in [0.15, 0.2) is 27.8 Å². The number of carboxylic acids is 1. The summed E-state index contributed by atoms with van der Waals surface area (Å²) in [6.45, 7) is 3.86. The molecule has 0 aliphatic rings. The lowest BCUT2D eigenvalue weighted by molar-refractivity contribution is -0.139. The van der Waals surface area contributed by atoms with Crippen LogP contribution in [-0.4, -0.2) is 32.6 Å². The van der Waals surface area contributed by atoms with Crippen molar-refractivity contribution in [2.24, 2.45) is 0 Å². The first-order valence-electron chi connectivity index (χ1n) is 8.19. The molecule has 0 aliphatic carbocycles. The first kappa shape index (κ1) is 18.4. The number of nitrogens with zero attached hydrogens (tertiary/aromatic N) is 1. The molecule has 134 valence electrons. The van der Waals surface area contributed by atoms with Crippen LogP contribution in [0, 0.1) is 0 Å². The van der Waals surface area contributed by atoms with Gasteiger partial charge in [-0.15, -0.1) is 0 Å². The van der Waals surface area contributed by atoms with Crippen LogP contribution in [0.2, 0.25) is 0 Å². The van der Waals surface area contributed by atoms with Crippen molar-refractivity contribution in [3.63, 3.8) is 0 Å². The maximum Gasteiger partial charge on any atom is 0.328 e. The average molecular weight is 347 g/mol. The van der Waals surface area contributed by atoms with Crippen LogP contribution in [0.4, 0.5) is 0 Å². The molecule has 2 aromatic rings. The van der Waals surface area contributed by atoms with E-state index < -0.39 is 29.2 Å². The molecule has 8 nitrogen and oxygen atoms in total. The fourth-order valence-electron chi connectivity index (χ4n) is 2.59. The summed E-state index contributed by atoms with van der Waals surface area (Å²) in [7, 11) is 0. The Morgan fingerprint density at radius 3 is 2.60 bits per heavy atom. The molecule has 0 bridgehead atoms. The van der Waals surface area contributed by atoms with Gasteiger partial charge in [-0.25, -0.2) is 9.59 Å². The molecule has 3 N–H and O–H groups in total. The van der Waals surface area contributed by atoms with Gasteiger partial charge in [0.05, 0.1) is 10.9 Å². The Kier molecular flexibility index (Phi) is 5.74. The Bertz CT molecular complexity index is 913. The lowest BCUT2D eigenvalue weighted by Crippen LogP contribution is -2.40. The van der Waals surface area contributed by atoms with E-state index in [4.69, 9.17) is 0 Å². The molecule has 1 heterocycles. The molecule has 0 fully saturated rings. The van der Waals surface area contributed by atoms with Gasteiger partial charge in [-0.05, 0) is 31.5 Å². The van der Waals surface area contributed by atoms with E-state index in [2.05, 4.69) is 10.3 Å². The minimum Gasteiger partial charge on any atom is -0.480 e. The summed E-state index contributed by atoms with van der Waals surface area (Å²) in [5.74, 6) is -1.66. The Morgan fingerprint density at radius 2 is 2.00 bits per heavy atom. The predicted molar refractivity (Wildman–Crippen MR) is 92.9 cm³/mol. The maximum atomic E-state index is 12.3. The third-order valence-electron chi connectivity index (χ3n) is 4.01. The van der Waals surface area contributed by atoms with Crippen LogP contribution >= 0.6 is 0 Å². The van der Waals surface area contributed by atoms with Gasteiger partial charge >= 0.3 is 11.7 Å². The number of hydrogen-bond donors (Lipinski definition) is 3. The molecule has 0 spiro atoms. The predicted octanol–water partition coefficient (Wildman–Crippen LogP) is 1.08. The molecule has 1 aromatic carbocycles. The first-order valence-corrected chi connectivity index (χ1v) is 8.19. The minimum absolute atomic E-state index is 0.180. The maximum absolute atomic E-state index is 12.3. The fraction of sp³-hybridized carbons (Fsp3) is 0.412. The zero-order chi connectivity index (χ0) is 18.6. The van der Waals surface area contributed by atoms with E-state index in [1.807, 2.05) is 6.92 Å². The van der Waals surface area contributed by atoms with Gasteiger partial charge in [-0.3, -0.25) is 14.2 Å². The van der Waals surface area contributed by atoms with Crippen molar-refractivity contribution < 1.29 is 14.7 Å². The molecular weight excluding hydrogens is 326 g/mol. The van der Waals surface area contributed by atoms with Crippen molar-refractivity contribution in [3.05, 3.63) is 44.6 Å². The number of benzene rings is 1. The molecule has 1 unspecified atom stereocenters. The lowest BCUT2D eigenvalue weighted by Gasteiger charge is -2.14. The van der Waals surface area contributed by atoms with Gasteiger partial charge in [0, 0.05) is 12.1 Å². The van der Waals surface area contributed by atoms with Crippen molar-refractivity contribution in [2.45, 2.75) is 45.7 Å². The Labute approximate surface area is 143 Å². The van der Waals surface area contributed by atoms with E-state index in [1.165, 1.54) is 18.2 Å². The number of hydrogen-bond acceptors (Lipinski definition) is 4. The standard InChI is InChI=1S/C17H21N3O5/c1-3-5-6-12(16(23)24)18-14(21)10-7-8-11-13(9-10)19-17(25)20(4-2)15(11)22/h7-9,12H,3-6H2,1-2H3,(H,18,21)(H,19,25)(H,23,24). The highest BCUT2D eigenvalue weighted by Gasteiger charge is 2.20. The molecule has 8 heteroatoms. The second-order valence-corrected chi connectivity index (χ2v) is 5.75. The first-order chi connectivity index (χ1) is 11.9. The fourth-order valence-corrected chi connectivity index (χ4v) is 2.59. The molecule has 0 saturated heterocycles. The number of amides is 1. The Hall–Kier alpha value is -2.90. The highest BCUT2D eigenvalue weighted by molar-refractivity contribution is 5.99. The molecular formula is C17H21N3O5. The number of H-pyrrole nitrogens is 1. The van der Waals surface area contributed by atoms with Gasteiger partial charge in [0.2, 0.25) is 0 Å². The molecule has 1 amide bonds. The topological polar surface area (TPSA) is 121 Å². The molecule has 1 atom stereocenters. The van der Waals surface area contributed by atoms with Crippen molar-refractivity contribution in [1.82, 2.24) is 14.9 Å². The quantitative estimate of drug-likeness (QED) is 0.692. The highest BCUT2D eigenvalue weighted by atomic mass is 16.4. The second-order valence-electron chi connectivity index (χ2n) is 5.75. The van der Waals surface area contributed by atoms with Crippen LogP contribution in [0.5, 0.6) is 0 Å². The molecule has 25 heavy (non-hydrogen) atoms. The monoisotopic (exact) mass is 347 g/mol. The van der Waals surface area contributed by atoms with E-state index in [-0.39, 0.29) is 17.6 Å². The molecule has 0 saturated carbocycles. The van der Waals surface area contributed by atoms with Gasteiger partial charge in [-0.2, -0.15) is 0 Å². The summed E-state index contributed by atoms with van der Waals surface area (Å²) in [5.41, 5.74) is -0.559. The van der Waals surface area contributed by atoms with Crippen LogP contribution < -0.4 is 16.6 Å². The number of carbonyl (C=O) groups excluding carboxylic acids is 1. The van der Waals surface area contributed by atoms with Gasteiger partial charge in [0.1, 0.15) is 6.04 Å². The number of nitrogens with one attached hydrogen (secondary N) is 2. The van der Waals surface area contributed by atoms with Gasteiger partial charge < -0.3 is 15.4 Å². The third-order valence-corrected chi connectivity index (χ3v) is 4.01. The Morgan fingerprint density at radius 1 is 1.28 bits per heavy atom. The molecule has 2 rings (SSSR count). The SMILES string of the molecule is CCCCC(NC(=O)c1ccc2c(=O)n(CC)c(=O)[nH]c2c1)C(=O)O. The smallest absolute Gasteiger partial charge is 0.328 e. The third kappa shape index (κ3) is 3.96. The van der Waals surface area contributed by atoms with E-state index in [0.29, 0.717) is 18.2 Å². The summed E-state index contributed by atoms with van der Waals surface area (Å²) >= 11 is 0. The van der Waals surface area contributed by atoms with E-state index in [1.54, 1.807) is 6.92 Å². The van der Waals surface area contributed by atoms with Crippen molar-refractivity contribution >= 4 is 22.8 Å². The summed E-state index contributed by atoms with van der Waals surface area (Å²) in [5, 5.41) is 12.0. The minimum atomic E-state index is -1.10. The number of rotatable bonds is 7. The van der Waals surface area contributed by atoms with Crippen LogP contribution in [0.3, 0.4) is 0 Å². The zero-order valence-corrected chi connectivity index (χ0v) is 14.2. The van der Waals surface area contributed by atoms with Crippen LogP contribution in [-0.2, 0) is 11.3 Å². The molecule has 1 aromatic heterocycles. The zero-order valence-electron chi connectivity index (χ0n) is 14.2. The normalized spacial score (nSPS) is 12.1. The van der Waals surface area contributed by atoms with E-state index >= 15 is 0 Å². The second kappa shape index (κ2) is 7.78. The molecule has 0 radical (unpaired) electrons. The number of fused-ring (bicyclic) bond motifs is 1. The average Bonchev–Trinajstić information content (AvgIpc) is 2.57. The number of carbonyl (C=O) groups is 2. The largest absolute Gasteiger partial charge is 0.480 e. The van der Waals surface area contributed by atoms with Crippen molar-refractivity contribution in [1.29, 1.82) is 0 Å². The summed E-state index contributed by atoms with van der Waals surface area (Å²) < 4.78 is 1.06. The van der Waals surface area contributed by atoms with E-state index in [9.17, 15) is 24.3 Å². The number of aliphatic carboxylic acids is 1. The highest BCUT2D eigenvalue weighted by Crippen LogP contribution is 2.10.